The normalized spacial score (nSPS) is 12.2. The van der Waals surface area contributed by atoms with E-state index in [2.05, 4.69) is 0 Å². The Morgan fingerprint density at radius 2 is 1.85 bits per heavy atom. The van der Waals surface area contributed by atoms with Crippen molar-refractivity contribution in [1.29, 1.82) is 5.26 Å². The van der Waals surface area contributed by atoms with E-state index in [1.165, 1.54) is 6.92 Å². The molecule has 1 atom stereocenters. The highest BCUT2D eigenvalue weighted by Gasteiger charge is 2.16. The summed E-state index contributed by atoms with van der Waals surface area (Å²) in [4.78, 5) is 0. The number of nitriles is 1. The minimum atomic E-state index is -1.53. The minimum absolute atomic E-state index is 0.124. The van der Waals surface area contributed by atoms with Crippen LogP contribution in [-0.4, -0.2) is 0 Å². The van der Waals surface area contributed by atoms with E-state index in [4.69, 9.17) is 5.26 Å². The molecule has 0 bridgehead atoms. The van der Waals surface area contributed by atoms with Crippen LogP contribution in [-0.2, 0) is 0 Å². The van der Waals surface area contributed by atoms with Gasteiger partial charge in [0.25, 0.3) is 0 Å². The zero-order chi connectivity index (χ0) is 10.0. The first-order chi connectivity index (χ1) is 6.07. The van der Waals surface area contributed by atoms with Crippen LogP contribution in [0.1, 0.15) is 18.4 Å². The molecule has 0 fully saturated rings. The van der Waals surface area contributed by atoms with E-state index in [-0.39, 0.29) is 5.56 Å². The van der Waals surface area contributed by atoms with Gasteiger partial charge >= 0.3 is 0 Å². The van der Waals surface area contributed by atoms with Crippen LogP contribution in [0.4, 0.5) is 13.2 Å². The molecule has 0 aliphatic rings. The molecule has 0 saturated heterocycles. The van der Waals surface area contributed by atoms with E-state index in [9.17, 15) is 13.2 Å². The van der Waals surface area contributed by atoms with Gasteiger partial charge in [-0.05, 0) is 13.0 Å². The summed E-state index contributed by atoms with van der Waals surface area (Å²) in [5.41, 5.74) is -0.124. The van der Waals surface area contributed by atoms with Crippen molar-refractivity contribution < 1.29 is 13.2 Å². The second-order valence-electron chi connectivity index (χ2n) is 2.62. The Balaban J connectivity index is 3.28. The summed E-state index contributed by atoms with van der Waals surface area (Å²) in [7, 11) is 0. The van der Waals surface area contributed by atoms with Gasteiger partial charge in [0.05, 0.1) is 12.0 Å². The molecule has 0 spiro atoms. The maximum absolute atomic E-state index is 12.9. The molecular weight excluding hydrogens is 179 g/mol. The molecule has 68 valence electrons. The summed E-state index contributed by atoms with van der Waals surface area (Å²) in [5.74, 6) is -4.84. The molecule has 1 nitrogen and oxygen atoms in total. The minimum Gasteiger partial charge on any atom is -0.204 e. The molecule has 4 heteroatoms. The van der Waals surface area contributed by atoms with Crippen LogP contribution in [0.15, 0.2) is 12.1 Å². The molecule has 0 heterocycles. The second-order valence-corrected chi connectivity index (χ2v) is 2.62. The SMILES string of the molecule is CC(C#N)c1ccc(F)c(F)c1F. The second kappa shape index (κ2) is 3.48. The van der Waals surface area contributed by atoms with Gasteiger partial charge in [0.15, 0.2) is 17.5 Å². The van der Waals surface area contributed by atoms with Crippen LogP contribution in [0.3, 0.4) is 0 Å². The number of halogens is 3. The molecule has 1 rings (SSSR count). The predicted octanol–water partition coefficient (Wildman–Crippen LogP) is 2.73. The van der Waals surface area contributed by atoms with Gasteiger partial charge in [0.2, 0.25) is 0 Å². The van der Waals surface area contributed by atoms with Crippen molar-refractivity contribution in [3.8, 4) is 6.07 Å². The van der Waals surface area contributed by atoms with Crippen molar-refractivity contribution in [1.82, 2.24) is 0 Å². The molecule has 1 unspecified atom stereocenters. The van der Waals surface area contributed by atoms with E-state index < -0.39 is 23.4 Å². The first-order valence-corrected chi connectivity index (χ1v) is 3.61. The smallest absolute Gasteiger partial charge is 0.194 e. The molecule has 0 amide bonds. The lowest BCUT2D eigenvalue weighted by molar-refractivity contribution is 0.440. The van der Waals surface area contributed by atoms with Crippen LogP contribution >= 0.6 is 0 Å². The van der Waals surface area contributed by atoms with Crippen LogP contribution in [0, 0.1) is 28.8 Å². The summed E-state index contributed by atoms with van der Waals surface area (Å²) < 4.78 is 38.0. The standard InChI is InChI=1S/C9H6F3N/c1-5(4-13)6-2-3-7(10)9(12)8(6)11/h2-3,5H,1H3. The summed E-state index contributed by atoms with van der Waals surface area (Å²) in [6.07, 6.45) is 0. The van der Waals surface area contributed by atoms with Gasteiger partial charge in [-0.25, -0.2) is 13.2 Å². The summed E-state index contributed by atoms with van der Waals surface area (Å²) in [6, 6.07) is 3.62. The molecule has 1 aromatic rings. The van der Waals surface area contributed by atoms with Crippen molar-refractivity contribution in [3.05, 3.63) is 35.1 Å². The highest BCUT2D eigenvalue weighted by Crippen LogP contribution is 2.21. The van der Waals surface area contributed by atoms with E-state index >= 15 is 0 Å². The Bertz CT molecular complexity index is 368. The predicted molar refractivity (Wildman–Crippen MR) is 40.3 cm³/mol. The fraction of sp³-hybridized carbons (Fsp3) is 0.222. The Morgan fingerprint density at radius 1 is 1.23 bits per heavy atom. The average molecular weight is 185 g/mol. The Labute approximate surface area is 73.4 Å². The number of benzene rings is 1. The Kier molecular flexibility index (Phi) is 2.57. The van der Waals surface area contributed by atoms with Crippen molar-refractivity contribution >= 4 is 0 Å². The number of rotatable bonds is 1. The lowest BCUT2D eigenvalue weighted by Gasteiger charge is -2.05. The van der Waals surface area contributed by atoms with Gasteiger partial charge in [0, 0.05) is 5.56 Å². The lowest BCUT2D eigenvalue weighted by atomic mass is 10.0. The number of nitrogens with zero attached hydrogens (tertiary/aromatic N) is 1. The maximum atomic E-state index is 12.9. The van der Waals surface area contributed by atoms with Crippen LogP contribution in [0.5, 0.6) is 0 Å². The molecule has 0 radical (unpaired) electrons. The Morgan fingerprint density at radius 3 is 2.38 bits per heavy atom. The maximum Gasteiger partial charge on any atom is 0.194 e. The van der Waals surface area contributed by atoms with E-state index in [0.29, 0.717) is 0 Å². The van der Waals surface area contributed by atoms with E-state index in [1.807, 2.05) is 0 Å². The molecule has 0 saturated carbocycles. The number of hydrogen-bond acceptors (Lipinski definition) is 1. The third-order valence-corrected chi connectivity index (χ3v) is 1.73. The van der Waals surface area contributed by atoms with Crippen molar-refractivity contribution in [2.75, 3.05) is 0 Å². The van der Waals surface area contributed by atoms with Gasteiger partial charge in [-0.1, -0.05) is 6.07 Å². The van der Waals surface area contributed by atoms with Gasteiger partial charge in [-0.2, -0.15) is 5.26 Å². The largest absolute Gasteiger partial charge is 0.204 e. The average Bonchev–Trinajstić information content (AvgIpc) is 2.13. The first-order valence-electron chi connectivity index (χ1n) is 3.61. The highest BCUT2D eigenvalue weighted by molar-refractivity contribution is 5.27. The summed E-state index contributed by atoms with van der Waals surface area (Å²) >= 11 is 0. The van der Waals surface area contributed by atoms with Gasteiger partial charge in [0.1, 0.15) is 0 Å². The molecule has 0 aliphatic heterocycles. The van der Waals surface area contributed by atoms with Crippen LogP contribution < -0.4 is 0 Å². The molecule has 1 aromatic carbocycles. The zero-order valence-corrected chi connectivity index (χ0v) is 6.81. The summed E-state index contributed by atoms with van der Waals surface area (Å²) in [6.45, 7) is 1.41. The highest BCUT2D eigenvalue weighted by atomic mass is 19.2. The van der Waals surface area contributed by atoms with E-state index in [0.717, 1.165) is 12.1 Å². The number of hydrogen-bond donors (Lipinski definition) is 0. The first kappa shape index (κ1) is 9.59. The summed E-state index contributed by atoms with van der Waals surface area (Å²) in [5, 5.41) is 8.44. The Hall–Kier alpha value is -1.50. The van der Waals surface area contributed by atoms with E-state index in [1.54, 1.807) is 6.07 Å². The van der Waals surface area contributed by atoms with Crippen LogP contribution in [0.2, 0.25) is 0 Å². The quantitative estimate of drug-likeness (QED) is 0.617. The molecule has 0 aromatic heterocycles. The van der Waals surface area contributed by atoms with Gasteiger partial charge in [-0.15, -0.1) is 0 Å². The third-order valence-electron chi connectivity index (χ3n) is 1.73. The lowest BCUT2D eigenvalue weighted by Crippen LogP contribution is -1.99. The van der Waals surface area contributed by atoms with Crippen molar-refractivity contribution in [3.63, 3.8) is 0 Å². The topological polar surface area (TPSA) is 23.8 Å². The molecular formula is C9H6F3N. The molecule has 13 heavy (non-hydrogen) atoms. The van der Waals surface area contributed by atoms with Crippen molar-refractivity contribution in [2.45, 2.75) is 12.8 Å². The molecule has 0 aliphatic carbocycles. The zero-order valence-electron chi connectivity index (χ0n) is 6.81. The molecule has 0 N–H and O–H groups in total. The van der Waals surface area contributed by atoms with Crippen molar-refractivity contribution in [2.24, 2.45) is 0 Å². The van der Waals surface area contributed by atoms with Gasteiger partial charge < -0.3 is 0 Å². The monoisotopic (exact) mass is 185 g/mol. The van der Waals surface area contributed by atoms with Gasteiger partial charge in [-0.3, -0.25) is 0 Å². The fourth-order valence-electron chi connectivity index (χ4n) is 0.945. The van der Waals surface area contributed by atoms with Crippen LogP contribution in [0.25, 0.3) is 0 Å². The fourth-order valence-corrected chi connectivity index (χ4v) is 0.945. The third kappa shape index (κ3) is 1.64.